The van der Waals surface area contributed by atoms with Crippen LogP contribution in [0, 0.1) is 0 Å². The van der Waals surface area contributed by atoms with E-state index in [4.69, 9.17) is 9.47 Å². The number of aliphatic hydroxyl groups is 1. The molecule has 2 N–H and O–H groups in total. The molecule has 0 saturated heterocycles. The summed E-state index contributed by atoms with van der Waals surface area (Å²) in [7, 11) is 3.18. The topological polar surface area (TPSA) is 63.6 Å². The van der Waals surface area contributed by atoms with Crippen molar-refractivity contribution >= 4 is 0 Å². The summed E-state index contributed by atoms with van der Waals surface area (Å²) in [6, 6.07) is 1.75. The number of nitrogens with one attached hydrogen (secondary N) is 1. The fraction of sp³-hybridized carbons (Fsp3) is 0.643. The quantitative estimate of drug-likeness (QED) is 0.823. The van der Waals surface area contributed by atoms with Gasteiger partial charge in [0.2, 0.25) is 0 Å². The second-order valence-corrected chi connectivity index (χ2v) is 5.53. The Balaban J connectivity index is 2.90. The van der Waals surface area contributed by atoms with Gasteiger partial charge in [-0.3, -0.25) is 4.98 Å². The molecule has 0 saturated carbocycles. The number of hydrogen-bond donors (Lipinski definition) is 2. The molecule has 1 rings (SSSR count). The zero-order valence-corrected chi connectivity index (χ0v) is 12.6. The van der Waals surface area contributed by atoms with Crippen LogP contribution >= 0.6 is 0 Å². The molecule has 0 unspecified atom stereocenters. The van der Waals surface area contributed by atoms with Crippen LogP contribution in [-0.2, 0) is 6.54 Å². The summed E-state index contributed by atoms with van der Waals surface area (Å²) >= 11 is 0. The van der Waals surface area contributed by atoms with Crippen LogP contribution < -0.4 is 14.8 Å². The molecule has 0 spiro atoms. The lowest BCUT2D eigenvalue weighted by Gasteiger charge is -2.38. The Hall–Kier alpha value is -1.33. The summed E-state index contributed by atoms with van der Waals surface area (Å²) in [4.78, 5) is 4.29. The van der Waals surface area contributed by atoms with Crippen LogP contribution in [0.5, 0.6) is 11.5 Å². The summed E-state index contributed by atoms with van der Waals surface area (Å²) < 4.78 is 10.6. The molecule has 5 nitrogen and oxygen atoms in total. The van der Waals surface area contributed by atoms with Gasteiger partial charge in [-0.15, -0.1) is 0 Å². The number of rotatable bonds is 6. The first-order valence-electron chi connectivity index (χ1n) is 6.26. The molecule has 0 radical (unpaired) electrons. The van der Waals surface area contributed by atoms with Crippen molar-refractivity contribution in [3.8, 4) is 11.5 Å². The highest BCUT2D eigenvalue weighted by atomic mass is 16.5. The third-order valence-corrected chi connectivity index (χ3v) is 3.59. The molecule has 5 heteroatoms. The Bertz CT molecular complexity index is 425. The van der Waals surface area contributed by atoms with Crippen molar-refractivity contribution in [3.63, 3.8) is 0 Å². The van der Waals surface area contributed by atoms with Gasteiger partial charge in [-0.1, -0.05) is 0 Å². The summed E-state index contributed by atoms with van der Waals surface area (Å²) in [5.41, 5.74) is -0.554. The molecular weight excluding hydrogens is 244 g/mol. The Kier molecular flexibility index (Phi) is 4.76. The van der Waals surface area contributed by atoms with Gasteiger partial charge in [-0.2, -0.15) is 0 Å². The van der Waals surface area contributed by atoms with E-state index in [1.165, 1.54) is 0 Å². The fourth-order valence-corrected chi connectivity index (χ4v) is 1.50. The minimum absolute atomic E-state index is 0.456. The molecule has 1 heterocycles. The SMILES string of the molecule is COc1ccnc(CNC(C)(C)C(C)(C)O)c1OC. The Morgan fingerprint density at radius 3 is 2.32 bits per heavy atom. The lowest BCUT2D eigenvalue weighted by molar-refractivity contribution is -0.00554. The van der Waals surface area contributed by atoms with Crippen LogP contribution in [0.25, 0.3) is 0 Å². The van der Waals surface area contributed by atoms with E-state index in [0.29, 0.717) is 18.0 Å². The average molecular weight is 268 g/mol. The van der Waals surface area contributed by atoms with Gasteiger partial charge in [-0.25, -0.2) is 0 Å². The van der Waals surface area contributed by atoms with Crippen molar-refractivity contribution in [1.29, 1.82) is 0 Å². The van der Waals surface area contributed by atoms with Crippen molar-refractivity contribution in [1.82, 2.24) is 10.3 Å². The predicted molar refractivity (Wildman–Crippen MR) is 74.6 cm³/mol. The molecule has 0 fully saturated rings. The maximum Gasteiger partial charge on any atom is 0.183 e. The van der Waals surface area contributed by atoms with Gasteiger partial charge >= 0.3 is 0 Å². The van der Waals surface area contributed by atoms with E-state index < -0.39 is 11.1 Å². The number of hydrogen-bond acceptors (Lipinski definition) is 5. The molecule has 0 atom stereocenters. The summed E-state index contributed by atoms with van der Waals surface area (Å²) in [6.45, 7) is 7.92. The Morgan fingerprint density at radius 2 is 1.84 bits per heavy atom. The molecule has 0 aliphatic rings. The lowest BCUT2D eigenvalue weighted by Crippen LogP contribution is -2.55. The minimum Gasteiger partial charge on any atom is -0.493 e. The van der Waals surface area contributed by atoms with Crippen molar-refractivity contribution in [2.75, 3.05) is 14.2 Å². The molecule has 0 aliphatic carbocycles. The minimum atomic E-state index is -0.848. The van der Waals surface area contributed by atoms with Crippen LogP contribution in [0.2, 0.25) is 0 Å². The second kappa shape index (κ2) is 5.75. The van der Waals surface area contributed by atoms with Crippen LogP contribution in [0.1, 0.15) is 33.4 Å². The van der Waals surface area contributed by atoms with Gasteiger partial charge in [0.1, 0.15) is 0 Å². The zero-order valence-electron chi connectivity index (χ0n) is 12.6. The first-order valence-corrected chi connectivity index (χ1v) is 6.26. The van der Waals surface area contributed by atoms with Gasteiger partial charge in [-0.05, 0) is 27.7 Å². The highest BCUT2D eigenvalue weighted by Crippen LogP contribution is 2.29. The molecule has 0 aliphatic heterocycles. The van der Waals surface area contributed by atoms with E-state index >= 15 is 0 Å². The molecular formula is C14H24N2O3. The van der Waals surface area contributed by atoms with Gasteiger partial charge in [0.05, 0.1) is 25.5 Å². The van der Waals surface area contributed by atoms with E-state index in [0.717, 1.165) is 5.69 Å². The highest BCUT2D eigenvalue weighted by Gasteiger charge is 2.34. The molecule has 0 amide bonds. The lowest BCUT2D eigenvalue weighted by atomic mass is 9.86. The summed E-state index contributed by atoms with van der Waals surface area (Å²) in [5, 5.41) is 13.4. The smallest absolute Gasteiger partial charge is 0.183 e. The first-order chi connectivity index (χ1) is 8.73. The van der Waals surface area contributed by atoms with Crippen LogP contribution in [-0.4, -0.2) is 35.5 Å². The number of methoxy groups -OCH3 is 2. The van der Waals surface area contributed by atoms with E-state index in [1.807, 2.05) is 13.8 Å². The van der Waals surface area contributed by atoms with E-state index in [-0.39, 0.29) is 0 Å². The van der Waals surface area contributed by atoms with Crippen LogP contribution in [0.3, 0.4) is 0 Å². The highest BCUT2D eigenvalue weighted by molar-refractivity contribution is 5.42. The molecule has 1 aromatic rings. The maximum absolute atomic E-state index is 10.1. The number of pyridine rings is 1. The predicted octanol–water partition coefficient (Wildman–Crippen LogP) is 1.74. The standard InChI is InChI=1S/C14H24N2O3/c1-13(2,14(3,4)17)16-9-10-12(19-6)11(18-5)7-8-15-10/h7-8,16-17H,9H2,1-6H3. The fourth-order valence-electron chi connectivity index (χ4n) is 1.50. The molecule has 1 aromatic heterocycles. The van der Waals surface area contributed by atoms with Crippen LogP contribution in [0.15, 0.2) is 12.3 Å². The van der Waals surface area contributed by atoms with E-state index in [2.05, 4.69) is 10.3 Å². The van der Waals surface area contributed by atoms with E-state index in [9.17, 15) is 5.11 Å². The number of aromatic nitrogens is 1. The normalized spacial score (nSPS) is 12.4. The second-order valence-electron chi connectivity index (χ2n) is 5.53. The maximum atomic E-state index is 10.1. The largest absolute Gasteiger partial charge is 0.493 e. The third-order valence-electron chi connectivity index (χ3n) is 3.59. The first kappa shape index (κ1) is 15.7. The molecule has 0 aromatic carbocycles. The van der Waals surface area contributed by atoms with Crippen molar-refractivity contribution in [2.45, 2.75) is 45.4 Å². The monoisotopic (exact) mass is 268 g/mol. The number of ether oxygens (including phenoxy) is 2. The average Bonchev–Trinajstić information content (AvgIpc) is 2.34. The third kappa shape index (κ3) is 3.58. The zero-order chi connectivity index (χ0) is 14.7. The molecule has 0 bridgehead atoms. The Labute approximate surface area is 115 Å². The van der Waals surface area contributed by atoms with Crippen molar-refractivity contribution < 1.29 is 14.6 Å². The summed E-state index contributed by atoms with van der Waals surface area (Å²) in [6.07, 6.45) is 1.68. The van der Waals surface area contributed by atoms with Crippen LogP contribution in [0.4, 0.5) is 0 Å². The van der Waals surface area contributed by atoms with Crippen molar-refractivity contribution in [3.05, 3.63) is 18.0 Å². The van der Waals surface area contributed by atoms with Crippen molar-refractivity contribution in [2.24, 2.45) is 0 Å². The Morgan fingerprint density at radius 1 is 1.21 bits per heavy atom. The van der Waals surface area contributed by atoms with Gasteiger partial charge in [0.15, 0.2) is 11.5 Å². The number of nitrogens with zero attached hydrogens (tertiary/aromatic N) is 1. The van der Waals surface area contributed by atoms with Gasteiger partial charge in [0.25, 0.3) is 0 Å². The van der Waals surface area contributed by atoms with Gasteiger partial charge < -0.3 is 19.9 Å². The molecule has 19 heavy (non-hydrogen) atoms. The summed E-state index contributed by atoms with van der Waals surface area (Å²) in [5.74, 6) is 1.26. The van der Waals surface area contributed by atoms with E-state index in [1.54, 1.807) is 40.3 Å². The molecule has 108 valence electrons. The van der Waals surface area contributed by atoms with Gasteiger partial charge in [0, 0.05) is 24.3 Å².